The van der Waals surface area contributed by atoms with Gasteiger partial charge >= 0.3 is 6.09 Å². The second kappa shape index (κ2) is 9.36. The molecule has 4 rings (SSSR count). The van der Waals surface area contributed by atoms with Crippen molar-refractivity contribution in [2.75, 3.05) is 18.4 Å². The summed E-state index contributed by atoms with van der Waals surface area (Å²) < 4.78 is 5.42. The van der Waals surface area contributed by atoms with E-state index in [-0.39, 0.29) is 18.7 Å². The van der Waals surface area contributed by atoms with Gasteiger partial charge in [0.25, 0.3) is 0 Å². The van der Waals surface area contributed by atoms with Crippen LogP contribution in [0.2, 0.25) is 10.0 Å². The van der Waals surface area contributed by atoms with Gasteiger partial charge in [0.05, 0.1) is 11.9 Å². The highest BCUT2D eigenvalue weighted by Gasteiger charge is 2.24. The van der Waals surface area contributed by atoms with Crippen LogP contribution in [0.1, 0.15) is 18.4 Å². The van der Waals surface area contributed by atoms with Crippen LogP contribution >= 0.6 is 23.2 Å². The summed E-state index contributed by atoms with van der Waals surface area (Å²) >= 11 is 12.0. The average molecular weight is 446 g/mol. The molecule has 9 heteroatoms. The van der Waals surface area contributed by atoms with E-state index in [4.69, 9.17) is 27.9 Å². The molecule has 156 valence electrons. The predicted molar refractivity (Wildman–Crippen MR) is 117 cm³/mol. The monoisotopic (exact) mass is 445 g/mol. The van der Waals surface area contributed by atoms with Crippen LogP contribution in [0.5, 0.6) is 0 Å². The average Bonchev–Trinajstić information content (AvgIpc) is 3.27. The first-order chi connectivity index (χ1) is 14.6. The lowest BCUT2D eigenvalue weighted by molar-refractivity contribution is 0.0882. The van der Waals surface area contributed by atoms with E-state index in [1.165, 1.54) is 0 Å². The van der Waals surface area contributed by atoms with Gasteiger partial charge in [-0.1, -0.05) is 40.5 Å². The molecule has 3 aromatic rings. The third-order valence-corrected chi connectivity index (χ3v) is 5.43. The summed E-state index contributed by atoms with van der Waals surface area (Å²) in [7, 11) is 0. The van der Waals surface area contributed by atoms with Crippen molar-refractivity contribution in [2.45, 2.75) is 25.5 Å². The highest BCUT2D eigenvalue weighted by molar-refractivity contribution is 6.34. The Bertz CT molecular complexity index is 984. The number of nitrogens with one attached hydrogen (secondary N) is 2. The minimum Gasteiger partial charge on any atom is -0.445 e. The number of carbonyl (C=O) groups excluding carboxylic acids is 1. The number of halogens is 2. The first-order valence-corrected chi connectivity index (χ1v) is 10.4. The fourth-order valence-electron chi connectivity index (χ4n) is 3.49. The molecule has 1 saturated heterocycles. The van der Waals surface area contributed by atoms with Gasteiger partial charge in [0, 0.05) is 40.4 Å². The van der Waals surface area contributed by atoms with Gasteiger partial charge in [-0.05, 0) is 48.7 Å². The molecule has 0 bridgehead atoms. The summed E-state index contributed by atoms with van der Waals surface area (Å²) in [4.78, 5) is 14.1. The number of anilines is 1. The lowest BCUT2D eigenvalue weighted by Crippen LogP contribution is -2.42. The summed E-state index contributed by atoms with van der Waals surface area (Å²) in [5.74, 6) is 0. The Morgan fingerprint density at radius 1 is 1.17 bits per heavy atom. The third kappa shape index (κ3) is 5.23. The van der Waals surface area contributed by atoms with Crippen LogP contribution in [0.4, 0.5) is 10.5 Å². The number of hydrogen-bond donors (Lipinski definition) is 2. The maximum Gasteiger partial charge on any atom is 0.410 e. The van der Waals surface area contributed by atoms with E-state index in [9.17, 15) is 4.79 Å². The van der Waals surface area contributed by atoms with Crippen LogP contribution in [-0.4, -0.2) is 45.5 Å². The zero-order chi connectivity index (χ0) is 20.9. The molecule has 0 unspecified atom stereocenters. The molecule has 1 aromatic heterocycles. The van der Waals surface area contributed by atoms with Crippen LogP contribution in [0.25, 0.3) is 11.3 Å². The normalized spacial score (nSPS) is 14.5. The Morgan fingerprint density at radius 2 is 1.93 bits per heavy atom. The van der Waals surface area contributed by atoms with Gasteiger partial charge in [0.15, 0.2) is 0 Å². The van der Waals surface area contributed by atoms with E-state index < -0.39 is 0 Å². The molecular weight excluding hydrogens is 425 g/mol. The van der Waals surface area contributed by atoms with Crippen molar-refractivity contribution in [1.82, 2.24) is 20.3 Å². The molecule has 1 aliphatic rings. The van der Waals surface area contributed by atoms with Gasteiger partial charge in [-0.3, -0.25) is 5.10 Å². The van der Waals surface area contributed by atoms with E-state index in [0.29, 0.717) is 23.1 Å². The lowest BCUT2D eigenvalue weighted by Gasteiger charge is -2.32. The van der Waals surface area contributed by atoms with Crippen molar-refractivity contribution in [3.63, 3.8) is 0 Å². The topological polar surface area (TPSA) is 83.1 Å². The molecule has 1 amide bonds. The van der Waals surface area contributed by atoms with Crippen LogP contribution in [0.15, 0.2) is 48.7 Å². The molecule has 2 N–H and O–H groups in total. The highest BCUT2D eigenvalue weighted by atomic mass is 35.5. The first-order valence-electron chi connectivity index (χ1n) is 9.66. The van der Waals surface area contributed by atoms with E-state index in [1.54, 1.807) is 29.3 Å². The van der Waals surface area contributed by atoms with Gasteiger partial charge < -0.3 is 15.0 Å². The Hall–Kier alpha value is -2.77. The number of aromatic amines is 1. The second-order valence-corrected chi connectivity index (χ2v) is 8.06. The molecule has 2 heterocycles. The molecule has 7 nitrogen and oxygen atoms in total. The van der Waals surface area contributed by atoms with Crippen molar-refractivity contribution >= 4 is 35.0 Å². The quantitative estimate of drug-likeness (QED) is 0.577. The maximum atomic E-state index is 12.4. The Labute approximate surface area is 184 Å². The molecule has 1 fully saturated rings. The number of benzene rings is 2. The van der Waals surface area contributed by atoms with Gasteiger partial charge in [0.2, 0.25) is 0 Å². The van der Waals surface area contributed by atoms with Gasteiger partial charge in [-0.15, -0.1) is 5.10 Å². The number of aromatic nitrogens is 3. The zero-order valence-electron chi connectivity index (χ0n) is 16.1. The summed E-state index contributed by atoms with van der Waals surface area (Å²) in [6.45, 7) is 1.42. The predicted octanol–water partition coefficient (Wildman–Crippen LogP) is 4.99. The van der Waals surface area contributed by atoms with Crippen LogP contribution in [0.3, 0.4) is 0 Å². The molecule has 0 atom stereocenters. The third-order valence-electron chi connectivity index (χ3n) is 5.00. The Kier molecular flexibility index (Phi) is 6.40. The molecule has 30 heavy (non-hydrogen) atoms. The number of likely N-dealkylation sites (tertiary alicyclic amines) is 1. The molecule has 0 saturated carbocycles. The van der Waals surface area contributed by atoms with Gasteiger partial charge in [-0.25, -0.2) is 4.79 Å². The summed E-state index contributed by atoms with van der Waals surface area (Å²) in [5, 5.41) is 15.0. The van der Waals surface area contributed by atoms with Crippen molar-refractivity contribution < 1.29 is 9.53 Å². The lowest BCUT2D eigenvalue weighted by atomic mass is 10.0. The van der Waals surface area contributed by atoms with Crippen LogP contribution < -0.4 is 5.32 Å². The number of ether oxygens (including phenoxy) is 1. The molecule has 0 spiro atoms. The van der Waals surface area contributed by atoms with Crippen LogP contribution in [0, 0.1) is 0 Å². The molecule has 1 aliphatic heterocycles. The Morgan fingerprint density at radius 3 is 2.63 bits per heavy atom. The van der Waals surface area contributed by atoms with E-state index in [2.05, 4.69) is 26.8 Å². The first kappa shape index (κ1) is 20.5. The van der Waals surface area contributed by atoms with Crippen molar-refractivity contribution in [2.24, 2.45) is 0 Å². The zero-order valence-corrected chi connectivity index (χ0v) is 17.7. The Balaban J connectivity index is 1.26. The number of nitrogens with zero attached hydrogens (tertiary/aromatic N) is 3. The fourth-order valence-corrected chi connectivity index (χ4v) is 4.06. The summed E-state index contributed by atoms with van der Waals surface area (Å²) in [5.41, 5.74) is 3.69. The second-order valence-electron chi connectivity index (χ2n) is 7.19. The smallest absolute Gasteiger partial charge is 0.410 e. The van der Waals surface area contributed by atoms with Crippen molar-refractivity contribution in [1.29, 1.82) is 0 Å². The van der Waals surface area contributed by atoms with Crippen molar-refractivity contribution in [3.05, 3.63) is 64.3 Å². The van der Waals surface area contributed by atoms with Crippen LogP contribution in [-0.2, 0) is 11.3 Å². The number of hydrogen-bond acceptors (Lipinski definition) is 5. The van der Waals surface area contributed by atoms with Gasteiger partial charge in [-0.2, -0.15) is 0 Å². The summed E-state index contributed by atoms with van der Waals surface area (Å²) in [6.07, 6.45) is 3.06. The largest absolute Gasteiger partial charge is 0.445 e. The fraction of sp³-hybridized carbons (Fsp3) is 0.286. The standard InChI is InChI=1S/C21H21Cl2N5O2/c22-16-8-14(9-17(23)11-16)13-30-21(29)28-6-4-18(5-7-28)25-19-3-1-2-15(10-19)20-12-24-27-26-20/h1-3,8-12,18,25H,4-7,13H2,(H,24,26,27). The number of carbonyl (C=O) groups is 1. The number of rotatable bonds is 5. The molecule has 0 radical (unpaired) electrons. The van der Waals surface area contributed by atoms with Crippen molar-refractivity contribution in [3.8, 4) is 11.3 Å². The number of amides is 1. The maximum absolute atomic E-state index is 12.4. The molecule has 2 aromatic carbocycles. The molecule has 0 aliphatic carbocycles. The van der Waals surface area contributed by atoms with E-state index in [0.717, 1.165) is 35.3 Å². The van der Waals surface area contributed by atoms with E-state index in [1.807, 2.05) is 18.2 Å². The number of piperidine rings is 1. The number of H-pyrrole nitrogens is 1. The summed E-state index contributed by atoms with van der Waals surface area (Å²) in [6, 6.07) is 13.5. The van der Waals surface area contributed by atoms with E-state index >= 15 is 0 Å². The SMILES string of the molecule is O=C(OCc1cc(Cl)cc(Cl)c1)N1CCC(Nc2cccc(-c3cnn[nH]3)c2)CC1. The minimum atomic E-state index is -0.321. The van der Waals surface area contributed by atoms with Gasteiger partial charge in [0.1, 0.15) is 6.61 Å². The highest BCUT2D eigenvalue weighted by Crippen LogP contribution is 2.23. The molecular formula is C21H21Cl2N5O2. The minimum absolute atomic E-state index is 0.145.